The van der Waals surface area contributed by atoms with E-state index in [0.717, 1.165) is 12.8 Å². The smallest absolute Gasteiger partial charge is 0.355 e. The second-order valence-electron chi connectivity index (χ2n) is 4.52. The van der Waals surface area contributed by atoms with Crippen LogP contribution in [0.3, 0.4) is 0 Å². The number of fused-ring (bicyclic) bond motifs is 1. The van der Waals surface area contributed by atoms with Crippen molar-refractivity contribution in [3.05, 3.63) is 57.6 Å². The van der Waals surface area contributed by atoms with Gasteiger partial charge in [0.05, 0.1) is 4.47 Å². The number of carbonyl (C=O) groups is 1. The largest absolute Gasteiger partial charge is 0.476 e. The molecule has 1 aliphatic carbocycles. The number of rotatable bonds is 2. The Morgan fingerprint density at radius 1 is 1.37 bits per heavy atom. The van der Waals surface area contributed by atoms with Crippen LogP contribution in [0.5, 0.6) is 0 Å². The number of benzene rings is 1. The Morgan fingerprint density at radius 3 is 2.95 bits per heavy atom. The lowest BCUT2D eigenvalue weighted by Gasteiger charge is -2.11. The van der Waals surface area contributed by atoms with E-state index in [0.29, 0.717) is 10.3 Å². The first kappa shape index (κ1) is 12.3. The van der Waals surface area contributed by atoms with Crippen LogP contribution in [0, 0.1) is 0 Å². The summed E-state index contributed by atoms with van der Waals surface area (Å²) in [6.45, 7) is 0. The monoisotopic (exact) mass is 318 g/mol. The third kappa shape index (κ3) is 2.14. The molecule has 96 valence electrons. The van der Waals surface area contributed by atoms with Gasteiger partial charge in [0.25, 0.3) is 0 Å². The number of aryl methyl sites for hydroxylation is 1. The molecule has 0 saturated heterocycles. The molecule has 1 heterocycles. The minimum Gasteiger partial charge on any atom is -0.476 e. The van der Waals surface area contributed by atoms with Gasteiger partial charge in [-0.2, -0.15) is 0 Å². The first-order valence-electron chi connectivity index (χ1n) is 6.00. The Labute approximate surface area is 118 Å². The second-order valence-corrected chi connectivity index (χ2v) is 5.37. The summed E-state index contributed by atoms with van der Waals surface area (Å²) in [6.07, 6.45) is 3.44. The van der Waals surface area contributed by atoms with Crippen molar-refractivity contribution in [2.75, 3.05) is 0 Å². The molecule has 19 heavy (non-hydrogen) atoms. The quantitative estimate of drug-likeness (QED) is 0.924. The van der Waals surface area contributed by atoms with E-state index in [-0.39, 0.29) is 11.6 Å². The summed E-state index contributed by atoms with van der Waals surface area (Å²) in [4.78, 5) is 19.6. The molecule has 1 aromatic carbocycles. The second kappa shape index (κ2) is 4.74. The number of aromatic nitrogens is 2. The fourth-order valence-electron chi connectivity index (χ4n) is 2.52. The number of carboxylic acid groups (broad SMARTS) is 1. The van der Waals surface area contributed by atoms with Crippen molar-refractivity contribution in [3.63, 3.8) is 0 Å². The van der Waals surface area contributed by atoms with Gasteiger partial charge in [-0.1, -0.05) is 24.3 Å². The Hall–Kier alpha value is -1.75. The molecule has 1 aromatic heterocycles. The fraction of sp³-hybridized carbons (Fsp3) is 0.214. The zero-order valence-corrected chi connectivity index (χ0v) is 11.6. The van der Waals surface area contributed by atoms with Crippen molar-refractivity contribution in [1.29, 1.82) is 0 Å². The first-order valence-corrected chi connectivity index (χ1v) is 6.79. The van der Waals surface area contributed by atoms with Crippen LogP contribution in [0.4, 0.5) is 0 Å². The van der Waals surface area contributed by atoms with Gasteiger partial charge < -0.3 is 5.11 Å². The van der Waals surface area contributed by atoms with E-state index in [9.17, 15) is 4.79 Å². The number of carboxylic acids is 1. The molecule has 0 fully saturated rings. The summed E-state index contributed by atoms with van der Waals surface area (Å²) in [5.74, 6) is -0.352. The van der Waals surface area contributed by atoms with Crippen molar-refractivity contribution in [3.8, 4) is 0 Å². The number of hydrogen-bond acceptors (Lipinski definition) is 3. The molecule has 1 unspecified atom stereocenters. The van der Waals surface area contributed by atoms with Gasteiger partial charge in [-0.3, -0.25) is 0 Å². The van der Waals surface area contributed by atoms with Crippen LogP contribution in [-0.2, 0) is 6.42 Å². The Morgan fingerprint density at radius 2 is 2.16 bits per heavy atom. The maximum Gasteiger partial charge on any atom is 0.355 e. The summed E-state index contributed by atoms with van der Waals surface area (Å²) in [7, 11) is 0. The van der Waals surface area contributed by atoms with Crippen LogP contribution in [0.25, 0.3) is 0 Å². The Kier molecular flexibility index (Phi) is 3.06. The highest BCUT2D eigenvalue weighted by Gasteiger charge is 2.27. The van der Waals surface area contributed by atoms with E-state index in [1.807, 2.05) is 12.1 Å². The predicted octanol–water partition coefficient (Wildman–Crippen LogP) is 3.02. The normalized spacial score (nSPS) is 17.2. The minimum absolute atomic E-state index is 0.0226. The molecule has 0 spiro atoms. The molecule has 1 N–H and O–H groups in total. The van der Waals surface area contributed by atoms with Gasteiger partial charge in [-0.15, -0.1) is 0 Å². The highest BCUT2D eigenvalue weighted by molar-refractivity contribution is 9.10. The van der Waals surface area contributed by atoms with Crippen LogP contribution in [-0.4, -0.2) is 21.0 Å². The predicted molar refractivity (Wildman–Crippen MR) is 73.3 cm³/mol. The maximum atomic E-state index is 11.1. The minimum atomic E-state index is -1.04. The molecule has 1 aliphatic rings. The van der Waals surface area contributed by atoms with Crippen LogP contribution >= 0.6 is 15.9 Å². The van der Waals surface area contributed by atoms with E-state index in [1.54, 1.807) is 0 Å². The van der Waals surface area contributed by atoms with E-state index in [4.69, 9.17) is 5.11 Å². The van der Waals surface area contributed by atoms with Crippen LogP contribution in [0.1, 0.15) is 39.8 Å². The summed E-state index contributed by atoms with van der Waals surface area (Å²) >= 11 is 3.17. The van der Waals surface area contributed by atoms with Crippen molar-refractivity contribution < 1.29 is 9.90 Å². The molecule has 1 atom stereocenters. The summed E-state index contributed by atoms with van der Waals surface area (Å²) in [6, 6.07) is 8.19. The summed E-state index contributed by atoms with van der Waals surface area (Å²) in [5, 5.41) is 9.11. The molecule has 0 amide bonds. The Balaban J connectivity index is 2.05. The SMILES string of the molecule is O=C(O)c1nc(C2CCc3ccccc32)ncc1Br. The van der Waals surface area contributed by atoms with Gasteiger partial charge in [-0.25, -0.2) is 14.8 Å². The topological polar surface area (TPSA) is 63.1 Å². The van der Waals surface area contributed by atoms with Gasteiger partial charge in [0.2, 0.25) is 0 Å². The molecule has 4 nitrogen and oxygen atoms in total. The number of halogens is 1. The van der Waals surface area contributed by atoms with Crippen LogP contribution in [0.15, 0.2) is 34.9 Å². The molecule has 0 saturated carbocycles. The van der Waals surface area contributed by atoms with Crippen LogP contribution in [0.2, 0.25) is 0 Å². The van der Waals surface area contributed by atoms with Gasteiger partial charge >= 0.3 is 5.97 Å². The lowest BCUT2D eigenvalue weighted by Crippen LogP contribution is -2.09. The van der Waals surface area contributed by atoms with Crippen molar-refractivity contribution in [2.45, 2.75) is 18.8 Å². The molecule has 0 radical (unpaired) electrons. The maximum absolute atomic E-state index is 11.1. The number of hydrogen-bond donors (Lipinski definition) is 1. The van der Waals surface area contributed by atoms with Crippen LogP contribution < -0.4 is 0 Å². The lowest BCUT2D eigenvalue weighted by atomic mass is 10.0. The van der Waals surface area contributed by atoms with E-state index in [2.05, 4.69) is 38.0 Å². The average Bonchev–Trinajstić information content (AvgIpc) is 2.83. The van der Waals surface area contributed by atoms with Gasteiger partial charge in [0.1, 0.15) is 5.82 Å². The molecule has 3 rings (SSSR count). The van der Waals surface area contributed by atoms with Gasteiger partial charge in [0.15, 0.2) is 5.69 Å². The number of aromatic carboxylic acids is 1. The zero-order valence-electron chi connectivity index (χ0n) is 10.0. The third-order valence-electron chi connectivity index (χ3n) is 3.41. The fourth-order valence-corrected chi connectivity index (χ4v) is 2.88. The summed E-state index contributed by atoms with van der Waals surface area (Å²) in [5.41, 5.74) is 2.53. The van der Waals surface area contributed by atoms with E-state index >= 15 is 0 Å². The highest BCUT2D eigenvalue weighted by atomic mass is 79.9. The van der Waals surface area contributed by atoms with E-state index < -0.39 is 5.97 Å². The standard InChI is InChI=1S/C14H11BrN2O2/c15-11-7-16-13(17-12(11)14(18)19)10-6-5-8-3-1-2-4-9(8)10/h1-4,7,10H,5-6H2,(H,18,19). The zero-order chi connectivity index (χ0) is 13.4. The molecule has 2 aromatic rings. The van der Waals surface area contributed by atoms with Crippen molar-refractivity contribution in [2.24, 2.45) is 0 Å². The van der Waals surface area contributed by atoms with Gasteiger partial charge in [-0.05, 0) is 39.9 Å². The Bertz CT molecular complexity index is 658. The summed E-state index contributed by atoms with van der Waals surface area (Å²) < 4.78 is 0.412. The first-order chi connectivity index (χ1) is 9.16. The highest BCUT2D eigenvalue weighted by Crippen LogP contribution is 2.36. The molecular formula is C14H11BrN2O2. The van der Waals surface area contributed by atoms with Crippen molar-refractivity contribution in [1.82, 2.24) is 9.97 Å². The van der Waals surface area contributed by atoms with Crippen molar-refractivity contribution >= 4 is 21.9 Å². The lowest BCUT2D eigenvalue weighted by molar-refractivity contribution is 0.0688. The molecule has 0 bridgehead atoms. The number of nitrogens with zero attached hydrogens (tertiary/aromatic N) is 2. The molecule has 5 heteroatoms. The third-order valence-corrected chi connectivity index (χ3v) is 3.99. The van der Waals surface area contributed by atoms with E-state index in [1.165, 1.54) is 17.3 Å². The molecular weight excluding hydrogens is 308 g/mol. The van der Waals surface area contributed by atoms with Gasteiger partial charge in [0, 0.05) is 12.1 Å². The molecule has 0 aliphatic heterocycles. The average molecular weight is 319 g/mol.